The van der Waals surface area contributed by atoms with Crippen molar-refractivity contribution in [2.24, 2.45) is 4.99 Å². The van der Waals surface area contributed by atoms with Crippen LogP contribution in [0.3, 0.4) is 0 Å². The van der Waals surface area contributed by atoms with E-state index in [9.17, 15) is 9.50 Å². The second kappa shape index (κ2) is 9.77. The molecule has 0 saturated carbocycles. The number of hydrogen-bond donors (Lipinski definition) is 3. The van der Waals surface area contributed by atoms with Gasteiger partial charge in [0.2, 0.25) is 0 Å². The van der Waals surface area contributed by atoms with Crippen LogP contribution in [0.5, 0.6) is 5.75 Å². The maximum absolute atomic E-state index is 13.6. The van der Waals surface area contributed by atoms with Crippen molar-refractivity contribution in [3.63, 3.8) is 0 Å². The Hall–Kier alpha value is -2.60. The predicted octanol–water partition coefficient (Wildman–Crippen LogP) is 2.93. The highest BCUT2D eigenvalue weighted by molar-refractivity contribution is 5.79. The smallest absolute Gasteiger partial charge is 0.191 e. The van der Waals surface area contributed by atoms with Crippen LogP contribution in [0, 0.1) is 12.7 Å². The van der Waals surface area contributed by atoms with Gasteiger partial charge in [-0.05, 0) is 48.7 Å². The van der Waals surface area contributed by atoms with Gasteiger partial charge in [-0.1, -0.05) is 24.3 Å². The number of aliphatic hydroxyl groups is 1. The van der Waals surface area contributed by atoms with E-state index in [2.05, 4.69) is 15.6 Å². The van der Waals surface area contributed by atoms with Crippen LogP contribution < -0.4 is 15.4 Å². The van der Waals surface area contributed by atoms with Gasteiger partial charge >= 0.3 is 0 Å². The van der Waals surface area contributed by atoms with E-state index in [-0.39, 0.29) is 5.82 Å². The van der Waals surface area contributed by atoms with Gasteiger partial charge in [-0.15, -0.1) is 0 Å². The molecule has 0 amide bonds. The lowest BCUT2D eigenvalue weighted by Crippen LogP contribution is -2.39. The van der Waals surface area contributed by atoms with E-state index in [4.69, 9.17) is 4.74 Å². The Morgan fingerprint density at radius 2 is 1.92 bits per heavy atom. The van der Waals surface area contributed by atoms with Crippen LogP contribution in [-0.2, 0) is 6.54 Å². The van der Waals surface area contributed by atoms with Crippen molar-refractivity contribution in [1.82, 2.24) is 10.6 Å². The third-order valence-electron chi connectivity index (χ3n) is 3.96. The number of nitrogens with zero attached hydrogens (tertiary/aromatic N) is 1. The molecule has 3 N–H and O–H groups in total. The first kappa shape index (κ1) is 19.7. The highest BCUT2D eigenvalue weighted by Crippen LogP contribution is 2.17. The lowest BCUT2D eigenvalue weighted by Gasteiger charge is -2.16. The first-order chi connectivity index (χ1) is 12.5. The average Bonchev–Trinajstić information content (AvgIpc) is 2.66. The minimum atomic E-state index is -0.679. The zero-order valence-corrected chi connectivity index (χ0v) is 15.4. The molecule has 0 aromatic heterocycles. The molecule has 6 heteroatoms. The van der Waals surface area contributed by atoms with Crippen molar-refractivity contribution in [2.75, 3.05) is 20.2 Å². The quantitative estimate of drug-likeness (QED) is 0.525. The summed E-state index contributed by atoms with van der Waals surface area (Å²) in [6.07, 6.45) is -0.679. The highest BCUT2D eigenvalue weighted by Gasteiger charge is 2.09. The second-order valence-corrected chi connectivity index (χ2v) is 5.95. The summed E-state index contributed by atoms with van der Waals surface area (Å²) >= 11 is 0. The molecule has 0 heterocycles. The Balaban J connectivity index is 1.96. The molecule has 140 valence electrons. The van der Waals surface area contributed by atoms with Crippen molar-refractivity contribution in [3.8, 4) is 5.75 Å². The molecule has 0 radical (unpaired) electrons. The third kappa shape index (κ3) is 5.74. The maximum atomic E-state index is 13.6. The summed E-state index contributed by atoms with van der Waals surface area (Å²) in [5, 5.41) is 16.5. The van der Waals surface area contributed by atoms with Crippen molar-refractivity contribution in [2.45, 2.75) is 26.5 Å². The molecule has 0 spiro atoms. The van der Waals surface area contributed by atoms with E-state index in [1.54, 1.807) is 20.1 Å². The summed E-state index contributed by atoms with van der Waals surface area (Å²) in [5.41, 5.74) is 2.20. The lowest BCUT2D eigenvalue weighted by molar-refractivity contribution is 0.180. The first-order valence-corrected chi connectivity index (χ1v) is 8.62. The van der Waals surface area contributed by atoms with Gasteiger partial charge in [-0.2, -0.15) is 0 Å². The Morgan fingerprint density at radius 1 is 1.19 bits per heavy atom. The van der Waals surface area contributed by atoms with Gasteiger partial charge in [-0.25, -0.2) is 9.38 Å². The highest BCUT2D eigenvalue weighted by atomic mass is 19.1. The maximum Gasteiger partial charge on any atom is 0.191 e. The Bertz CT molecular complexity index is 732. The zero-order chi connectivity index (χ0) is 18.9. The number of benzene rings is 2. The van der Waals surface area contributed by atoms with E-state index in [1.165, 1.54) is 6.07 Å². The fourth-order valence-corrected chi connectivity index (χ4v) is 2.38. The topological polar surface area (TPSA) is 65.9 Å². The summed E-state index contributed by atoms with van der Waals surface area (Å²) in [6, 6.07) is 12.4. The van der Waals surface area contributed by atoms with Gasteiger partial charge in [0.05, 0.1) is 19.8 Å². The number of nitrogens with one attached hydrogen (secondary N) is 2. The fraction of sp³-hybridized carbons (Fsp3) is 0.350. The van der Waals surface area contributed by atoms with Gasteiger partial charge < -0.3 is 20.5 Å². The molecule has 1 unspecified atom stereocenters. The largest absolute Gasteiger partial charge is 0.497 e. The molecule has 0 fully saturated rings. The number of guanidine groups is 1. The second-order valence-electron chi connectivity index (χ2n) is 5.95. The Kier molecular flexibility index (Phi) is 7.41. The molecule has 2 aromatic carbocycles. The van der Waals surface area contributed by atoms with Gasteiger partial charge in [-0.3, -0.25) is 0 Å². The van der Waals surface area contributed by atoms with E-state index in [0.717, 1.165) is 16.9 Å². The minimum Gasteiger partial charge on any atom is -0.497 e. The van der Waals surface area contributed by atoms with E-state index >= 15 is 0 Å². The summed E-state index contributed by atoms with van der Waals surface area (Å²) in [5.74, 6) is 1.08. The van der Waals surface area contributed by atoms with Crippen LogP contribution in [0.25, 0.3) is 0 Å². The standard InChI is InChI=1S/C20H26FN3O2/c1-4-22-20(23-12-15-6-5-14(2)18(21)11-15)24-13-19(25)16-7-9-17(26-3)10-8-16/h5-11,19,25H,4,12-13H2,1-3H3,(H2,22,23,24). The van der Waals surface area contributed by atoms with Crippen LogP contribution >= 0.6 is 0 Å². The van der Waals surface area contributed by atoms with Crippen LogP contribution in [0.4, 0.5) is 4.39 Å². The molecule has 2 aromatic rings. The van der Waals surface area contributed by atoms with Crippen LogP contribution in [-0.4, -0.2) is 31.3 Å². The number of hydrogen-bond acceptors (Lipinski definition) is 3. The number of aliphatic hydroxyl groups excluding tert-OH is 1. The van der Waals surface area contributed by atoms with Gasteiger partial charge in [0.25, 0.3) is 0 Å². The Labute approximate surface area is 153 Å². The molecule has 0 bridgehead atoms. The van der Waals surface area contributed by atoms with Crippen LogP contribution in [0.2, 0.25) is 0 Å². The van der Waals surface area contributed by atoms with E-state index in [1.807, 2.05) is 37.3 Å². The summed E-state index contributed by atoms with van der Waals surface area (Å²) < 4.78 is 18.7. The number of ether oxygens (including phenoxy) is 1. The third-order valence-corrected chi connectivity index (χ3v) is 3.96. The minimum absolute atomic E-state index is 0.231. The van der Waals surface area contributed by atoms with Crippen molar-refractivity contribution < 1.29 is 14.2 Å². The Morgan fingerprint density at radius 3 is 2.54 bits per heavy atom. The molecule has 5 nitrogen and oxygen atoms in total. The van der Waals surface area contributed by atoms with Crippen molar-refractivity contribution in [3.05, 3.63) is 65.0 Å². The summed E-state index contributed by atoms with van der Waals surface area (Å²) in [7, 11) is 1.60. The molecule has 0 aliphatic carbocycles. The number of aryl methyl sites for hydroxylation is 1. The van der Waals surface area contributed by atoms with Crippen LogP contribution in [0.15, 0.2) is 47.5 Å². The molecule has 2 rings (SSSR count). The average molecular weight is 359 g/mol. The van der Waals surface area contributed by atoms with Crippen molar-refractivity contribution >= 4 is 5.96 Å². The van der Waals surface area contributed by atoms with E-state index < -0.39 is 6.10 Å². The summed E-state index contributed by atoms with van der Waals surface area (Å²) in [6.45, 7) is 5.04. The van der Waals surface area contributed by atoms with Gasteiger partial charge in [0.1, 0.15) is 11.6 Å². The summed E-state index contributed by atoms with van der Waals surface area (Å²) in [4.78, 5) is 4.44. The molecular weight excluding hydrogens is 333 g/mol. The van der Waals surface area contributed by atoms with Gasteiger partial charge in [0.15, 0.2) is 5.96 Å². The first-order valence-electron chi connectivity index (χ1n) is 8.62. The zero-order valence-electron chi connectivity index (χ0n) is 15.4. The molecule has 0 aliphatic rings. The molecule has 0 aliphatic heterocycles. The normalized spacial score (nSPS) is 12.6. The molecule has 0 saturated heterocycles. The molecular formula is C20H26FN3O2. The van der Waals surface area contributed by atoms with Crippen molar-refractivity contribution in [1.29, 1.82) is 0 Å². The number of halogens is 1. The van der Waals surface area contributed by atoms with Gasteiger partial charge in [0, 0.05) is 13.1 Å². The lowest BCUT2D eigenvalue weighted by atomic mass is 10.1. The number of rotatable bonds is 7. The molecule has 26 heavy (non-hydrogen) atoms. The predicted molar refractivity (Wildman–Crippen MR) is 102 cm³/mol. The number of methoxy groups -OCH3 is 1. The number of aliphatic imine (C=N–C) groups is 1. The molecule has 1 atom stereocenters. The monoisotopic (exact) mass is 359 g/mol. The van der Waals surface area contributed by atoms with Crippen LogP contribution in [0.1, 0.15) is 29.7 Å². The SMILES string of the molecule is CCNC(=NCc1ccc(C)c(F)c1)NCC(O)c1ccc(OC)cc1. The fourth-order valence-electron chi connectivity index (χ4n) is 2.38. The van der Waals surface area contributed by atoms with E-state index in [0.29, 0.717) is 31.2 Å².